The summed E-state index contributed by atoms with van der Waals surface area (Å²) >= 11 is 0. The van der Waals surface area contributed by atoms with Gasteiger partial charge in [-0.1, -0.05) is 13.3 Å². The Hall–Kier alpha value is -0.0900. The Morgan fingerprint density at radius 3 is 2.09 bits per heavy atom. The number of hydrogen-bond donors (Lipinski definition) is 0. The van der Waals surface area contributed by atoms with Gasteiger partial charge < -0.3 is 0 Å². The lowest BCUT2D eigenvalue weighted by Crippen LogP contribution is -2.49. The second-order valence-electron chi connectivity index (χ2n) is 3.12. The lowest BCUT2D eigenvalue weighted by molar-refractivity contribution is 0.341. The van der Waals surface area contributed by atoms with Crippen molar-refractivity contribution in [1.29, 1.82) is 0 Å². The Morgan fingerprint density at radius 1 is 1.45 bits per heavy atom. The Morgan fingerprint density at radius 2 is 2.00 bits per heavy atom. The Kier molecular flexibility index (Phi) is 2.25. The first kappa shape index (κ1) is 9.00. The molecule has 1 radical (unpaired) electrons. The summed E-state index contributed by atoms with van der Waals surface area (Å²) in [4.78, 5) is 0. The fraction of sp³-hybridized carbons (Fsp3) is 1.00. The summed E-state index contributed by atoms with van der Waals surface area (Å²) in [5.41, 5.74) is 7.19. The van der Waals surface area contributed by atoms with Gasteiger partial charge >= 0.3 is 0 Å². The average Bonchev–Trinajstić information content (AvgIpc) is 1.86. The summed E-state index contributed by atoms with van der Waals surface area (Å²) in [6.07, 6.45) is 2.37. The van der Waals surface area contributed by atoms with E-state index in [4.69, 9.17) is 5.73 Å². The molecule has 4 heteroatoms. The van der Waals surface area contributed by atoms with E-state index in [0.29, 0.717) is 12.8 Å². The highest BCUT2D eigenvalue weighted by Gasteiger charge is 2.46. The van der Waals surface area contributed by atoms with Crippen LogP contribution in [-0.2, 0) is 9.84 Å². The minimum Gasteiger partial charge on any atom is -0.256 e. The van der Waals surface area contributed by atoms with Gasteiger partial charge in [-0.25, -0.2) is 8.42 Å². The monoisotopic (exact) mass is 176 g/mol. The molecule has 1 N–H and O–H groups in total. The smallest absolute Gasteiger partial charge is 0.157 e. The van der Waals surface area contributed by atoms with E-state index in [1.807, 2.05) is 0 Å². The van der Waals surface area contributed by atoms with Crippen molar-refractivity contribution in [2.75, 3.05) is 12.3 Å². The molecular weight excluding hydrogens is 162 g/mol. The fourth-order valence-corrected chi connectivity index (χ4v) is 3.22. The molecular formula is C7H14NO2S. The van der Waals surface area contributed by atoms with Crippen molar-refractivity contribution in [1.82, 2.24) is 5.73 Å². The van der Waals surface area contributed by atoms with Crippen LogP contribution in [0.1, 0.15) is 26.2 Å². The van der Waals surface area contributed by atoms with E-state index in [1.165, 1.54) is 0 Å². The number of nitrogens with one attached hydrogen (secondary N) is 1. The van der Waals surface area contributed by atoms with Gasteiger partial charge in [0.2, 0.25) is 0 Å². The molecule has 0 aromatic heterocycles. The second kappa shape index (κ2) is 2.75. The maximum Gasteiger partial charge on any atom is 0.157 e. The van der Waals surface area contributed by atoms with Crippen molar-refractivity contribution in [3.8, 4) is 0 Å². The van der Waals surface area contributed by atoms with Crippen LogP contribution in [0.15, 0.2) is 0 Å². The summed E-state index contributed by atoms with van der Waals surface area (Å²) in [7, 11) is -2.96. The fourth-order valence-electron chi connectivity index (χ4n) is 1.48. The highest BCUT2D eigenvalue weighted by atomic mass is 32.2. The van der Waals surface area contributed by atoms with Crippen LogP contribution in [0.2, 0.25) is 0 Å². The van der Waals surface area contributed by atoms with Crippen molar-refractivity contribution in [2.45, 2.75) is 30.9 Å². The lowest BCUT2D eigenvalue weighted by atomic mass is 9.84. The van der Waals surface area contributed by atoms with E-state index >= 15 is 0 Å². The van der Waals surface area contributed by atoms with Crippen LogP contribution >= 0.6 is 0 Å². The first-order chi connectivity index (χ1) is 5.08. The third-order valence-corrected chi connectivity index (χ3v) is 5.26. The molecule has 0 aromatic rings. The van der Waals surface area contributed by atoms with Crippen molar-refractivity contribution < 1.29 is 8.42 Å². The zero-order chi connectivity index (χ0) is 8.54. The minimum absolute atomic E-state index is 0.0448. The normalized spacial score (nSPS) is 22.7. The molecule has 0 saturated heterocycles. The molecule has 1 aliphatic carbocycles. The summed E-state index contributed by atoms with van der Waals surface area (Å²) < 4.78 is 22.2. The Labute approximate surface area is 67.9 Å². The first-order valence-corrected chi connectivity index (χ1v) is 5.60. The van der Waals surface area contributed by atoms with E-state index in [0.717, 1.165) is 6.42 Å². The quantitative estimate of drug-likeness (QED) is 0.633. The van der Waals surface area contributed by atoms with Crippen LogP contribution in [0.3, 0.4) is 0 Å². The standard InChI is InChI=1S/C7H14NO2S/c1-2-11(9,10)7(6-8)4-3-5-7/h8H,2-6H2,1H3. The predicted molar refractivity (Wildman–Crippen MR) is 44.0 cm³/mol. The zero-order valence-corrected chi connectivity index (χ0v) is 7.58. The van der Waals surface area contributed by atoms with Crippen molar-refractivity contribution in [2.24, 2.45) is 0 Å². The largest absolute Gasteiger partial charge is 0.256 e. The number of hydrogen-bond acceptors (Lipinski definition) is 2. The van der Waals surface area contributed by atoms with E-state index in [9.17, 15) is 8.42 Å². The highest BCUT2D eigenvalue weighted by molar-refractivity contribution is 7.92. The third-order valence-electron chi connectivity index (χ3n) is 2.63. The number of rotatable bonds is 3. The Bertz CT molecular complexity index is 223. The van der Waals surface area contributed by atoms with Crippen LogP contribution in [0.4, 0.5) is 0 Å². The van der Waals surface area contributed by atoms with Crippen LogP contribution < -0.4 is 5.73 Å². The maximum atomic E-state index is 11.4. The minimum atomic E-state index is -2.96. The van der Waals surface area contributed by atoms with E-state index < -0.39 is 14.6 Å². The Balaban J connectivity index is 2.86. The summed E-state index contributed by atoms with van der Waals surface area (Å²) in [5, 5.41) is 0. The van der Waals surface area contributed by atoms with E-state index in [2.05, 4.69) is 0 Å². The molecule has 0 amide bonds. The van der Waals surface area contributed by atoms with Crippen LogP contribution in [-0.4, -0.2) is 25.5 Å². The molecule has 65 valence electrons. The molecule has 0 heterocycles. The molecule has 0 atom stereocenters. The highest BCUT2D eigenvalue weighted by Crippen LogP contribution is 2.38. The number of sulfone groups is 1. The zero-order valence-electron chi connectivity index (χ0n) is 6.76. The molecule has 1 fully saturated rings. The molecule has 3 nitrogen and oxygen atoms in total. The van der Waals surface area contributed by atoms with Gasteiger partial charge in [-0.3, -0.25) is 5.73 Å². The van der Waals surface area contributed by atoms with Crippen molar-refractivity contribution in [3.05, 3.63) is 0 Å². The molecule has 1 saturated carbocycles. The molecule has 0 spiro atoms. The lowest BCUT2D eigenvalue weighted by Gasteiger charge is -2.39. The van der Waals surface area contributed by atoms with Gasteiger partial charge in [-0.05, 0) is 12.8 Å². The van der Waals surface area contributed by atoms with Gasteiger partial charge in [0.05, 0.1) is 4.75 Å². The summed E-state index contributed by atoms with van der Waals surface area (Å²) in [6.45, 7) is 1.70. The van der Waals surface area contributed by atoms with Crippen LogP contribution in [0, 0.1) is 0 Å². The van der Waals surface area contributed by atoms with Crippen LogP contribution in [0.25, 0.3) is 0 Å². The molecule has 1 rings (SSSR count). The van der Waals surface area contributed by atoms with Crippen molar-refractivity contribution in [3.63, 3.8) is 0 Å². The van der Waals surface area contributed by atoms with Gasteiger partial charge in [0.1, 0.15) is 0 Å². The summed E-state index contributed by atoms with van der Waals surface area (Å²) in [5.74, 6) is 0.186. The van der Waals surface area contributed by atoms with Gasteiger partial charge in [-0.15, -0.1) is 0 Å². The third kappa shape index (κ3) is 1.18. The first-order valence-electron chi connectivity index (χ1n) is 3.95. The molecule has 11 heavy (non-hydrogen) atoms. The average molecular weight is 176 g/mol. The molecule has 0 aliphatic heterocycles. The maximum absolute atomic E-state index is 11.4. The SMILES string of the molecule is CCS(=O)(=O)C1(C[NH])CCC1. The van der Waals surface area contributed by atoms with Crippen LogP contribution in [0.5, 0.6) is 0 Å². The molecule has 1 aliphatic rings. The van der Waals surface area contributed by atoms with Crippen molar-refractivity contribution >= 4 is 9.84 Å². The van der Waals surface area contributed by atoms with Gasteiger partial charge in [0, 0.05) is 12.3 Å². The molecule has 0 unspecified atom stereocenters. The predicted octanol–water partition coefficient (Wildman–Crippen LogP) is 0.627. The van der Waals surface area contributed by atoms with E-state index in [1.54, 1.807) is 6.92 Å². The molecule has 0 bridgehead atoms. The summed E-state index contributed by atoms with van der Waals surface area (Å²) in [6, 6.07) is 0. The van der Waals surface area contributed by atoms with E-state index in [-0.39, 0.29) is 12.3 Å². The van der Waals surface area contributed by atoms with Gasteiger partial charge in [0.25, 0.3) is 0 Å². The second-order valence-corrected chi connectivity index (χ2v) is 5.79. The van der Waals surface area contributed by atoms with Gasteiger partial charge in [-0.2, -0.15) is 0 Å². The topological polar surface area (TPSA) is 57.9 Å². The van der Waals surface area contributed by atoms with Gasteiger partial charge in [0.15, 0.2) is 9.84 Å². The molecule has 0 aromatic carbocycles.